The van der Waals surface area contributed by atoms with Crippen LogP contribution >= 0.6 is 11.6 Å². The van der Waals surface area contributed by atoms with Gasteiger partial charge in [0.05, 0.1) is 10.7 Å². The van der Waals surface area contributed by atoms with Gasteiger partial charge in [-0.15, -0.1) is 0 Å². The number of hydrogen-bond acceptors (Lipinski definition) is 1. The van der Waals surface area contributed by atoms with Crippen molar-refractivity contribution in [2.75, 3.05) is 11.9 Å². The van der Waals surface area contributed by atoms with Crippen molar-refractivity contribution in [3.63, 3.8) is 0 Å². The summed E-state index contributed by atoms with van der Waals surface area (Å²) >= 11 is 5.77. The van der Waals surface area contributed by atoms with E-state index in [1.165, 1.54) is 25.0 Å². The van der Waals surface area contributed by atoms with Gasteiger partial charge < -0.3 is 10.6 Å². The van der Waals surface area contributed by atoms with Crippen molar-refractivity contribution < 1.29 is 9.18 Å². The molecule has 1 aromatic rings. The first-order chi connectivity index (χ1) is 7.65. The van der Waals surface area contributed by atoms with Gasteiger partial charge in [0.1, 0.15) is 5.82 Å². The van der Waals surface area contributed by atoms with Gasteiger partial charge in [-0.3, -0.25) is 0 Å². The molecule has 0 heterocycles. The SMILES string of the molecule is O=C(NCC1CC1)Nc1ccc(F)cc1Cl. The van der Waals surface area contributed by atoms with Crippen molar-refractivity contribution in [3.05, 3.63) is 29.0 Å². The zero-order chi connectivity index (χ0) is 11.5. The summed E-state index contributed by atoms with van der Waals surface area (Å²) in [4.78, 5) is 11.4. The van der Waals surface area contributed by atoms with E-state index in [1.54, 1.807) is 0 Å². The topological polar surface area (TPSA) is 41.1 Å². The van der Waals surface area contributed by atoms with Gasteiger partial charge in [-0.05, 0) is 37.0 Å². The Morgan fingerprint density at radius 2 is 2.25 bits per heavy atom. The molecule has 0 spiro atoms. The smallest absolute Gasteiger partial charge is 0.319 e. The van der Waals surface area contributed by atoms with Crippen LogP contribution < -0.4 is 10.6 Å². The van der Waals surface area contributed by atoms with Crippen molar-refractivity contribution >= 4 is 23.3 Å². The predicted octanol–water partition coefficient (Wildman–Crippen LogP) is 3.01. The molecule has 1 aliphatic rings. The highest BCUT2D eigenvalue weighted by atomic mass is 35.5. The van der Waals surface area contributed by atoms with E-state index in [0.29, 0.717) is 18.2 Å². The van der Waals surface area contributed by atoms with Gasteiger partial charge in [0.15, 0.2) is 0 Å². The lowest BCUT2D eigenvalue weighted by molar-refractivity contribution is 0.251. The monoisotopic (exact) mass is 242 g/mol. The minimum atomic E-state index is -0.422. The van der Waals surface area contributed by atoms with Crippen LogP contribution in [0.15, 0.2) is 18.2 Å². The van der Waals surface area contributed by atoms with Gasteiger partial charge >= 0.3 is 6.03 Å². The molecule has 16 heavy (non-hydrogen) atoms. The van der Waals surface area contributed by atoms with E-state index in [9.17, 15) is 9.18 Å². The number of amides is 2. The quantitative estimate of drug-likeness (QED) is 0.841. The molecular weight excluding hydrogens is 231 g/mol. The molecule has 0 aromatic heterocycles. The van der Waals surface area contributed by atoms with Crippen molar-refractivity contribution in [2.45, 2.75) is 12.8 Å². The highest BCUT2D eigenvalue weighted by Gasteiger charge is 2.21. The third-order valence-corrected chi connectivity index (χ3v) is 2.74. The van der Waals surface area contributed by atoms with Gasteiger partial charge in [-0.2, -0.15) is 0 Å². The Morgan fingerprint density at radius 3 is 2.88 bits per heavy atom. The number of urea groups is 1. The number of hydrogen-bond donors (Lipinski definition) is 2. The maximum atomic E-state index is 12.7. The fourth-order valence-electron chi connectivity index (χ4n) is 1.32. The molecule has 1 aliphatic carbocycles. The van der Waals surface area contributed by atoms with Crippen molar-refractivity contribution in [1.82, 2.24) is 5.32 Å². The highest BCUT2D eigenvalue weighted by molar-refractivity contribution is 6.33. The van der Waals surface area contributed by atoms with Crippen LogP contribution in [-0.2, 0) is 0 Å². The predicted molar refractivity (Wildman–Crippen MR) is 61.2 cm³/mol. The first-order valence-corrected chi connectivity index (χ1v) is 5.53. The fourth-order valence-corrected chi connectivity index (χ4v) is 1.53. The van der Waals surface area contributed by atoms with Crippen LogP contribution in [-0.4, -0.2) is 12.6 Å². The standard InChI is InChI=1S/C11H12ClFN2O/c12-9-5-8(13)3-4-10(9)15-11(16)14-6-7-1-2-7/h3-5,7H,1-2,6H2,(H2,14,15,16). The molecule has 2 amide bonds. The molecule has 0 radical (unpaired) electrons. The maximum Gasteiger partial charge on any atom is 0.319 e. The van der Waals surface area contributed by atoms with Gasteiger partial charge in [0, 0.05) is 6.54 Å². The number of anilines is 1. The molecule has 0 bridgehead atoms. The molecular formula is C11H12ClFN2O. The van der Waals surface area contributed by atoms with Gasteiger partial charge in [-0.1, -0.05) is 11.6 Å². The average Bonchev–Trinajstić information content (AvgIpc) is 3.03. The molecule has 0 atom stereocenters. The molecule has 86 valence electrons. The minimum Gasteiger partial charge on any atom is -0.338 e. The summed E-state index contributed by atoms with van der Waals surface area (Å²) < 4.78 is 12.7. The number of carbonyl (C=O) groups is 1. The molecule has 1 saturated carbocycles. The van der Waals surface area contributed by atoms with Crippen LogP contribution in [0.5, 0.6) is 0 Å². The Bertz CT molecular complexity index is 407. The Hall–Kier alpha value is -1.29. The van der Waals surface area contributed by atoms with E-state index in [1.807, 2.05) is 0 Å². The van der Waals surface area contributed by atoms with E-state index < -0.39 is 5.82 Å². The second-order valence-electron chi connectivity index (χ2n) is 3.90. The van der Waals surface area contributed by atoms with E-state index >= 15 is 0 Å². The molecule has 5 heteroatoms. The molecule has 0 aliphatic heterocycles. The van der Waals surface area contributed by atoms with Crippen LogP contribution in [0.25, 0.3) is 0 Å². The Kier molecular flexibility index (Phi) is 3.29. The normalized spacial score (nSPS) is 14.6. The third-order valence-electron chi connectivity index (χ3n) is 2.43. The summed E-state index contributed by atoms with van der Waals surface area (Å²) in [7, 11) is 0. The van der Waals surface area contributed by atoms with Gasteiger partial charge in [-0.25, -0.2) is 9.18 Å². The Labute approximate surface area is 98.0 Å². The summed E-state index contributed by atoms with van der Waals surface area (Å²) in [6.07, 6.45) is 2.36. The van der Waals surface area contributed by atoms with Crippen LogP contribution in [0.1, 0.15) is 12.8 Å². The van der Waals surface area contributed by atoms with Crippen molar-refractivity contribution in [1.29, 1.82) is 0 Å². The molecule has 2 N–H and O–H groups in total. The number of carbonyl (C=O) groups excluding carboxylic acids is 1. The molecule has 1 fully saturated rings. The summed E-state index contributed by atoms with van der Waals surface area (Å²) in [5.41, 5.74) is 0.413. The highest BCUT2D eigenvalue weighted by Crippen LogP contribution is 2.27. The first kappa shape index (κ1) is 11.2. The van der Waals surface area contributed by atoms with E-state index in [0.717, 1.165) is 6.07 Å². The summed E-state index contributed by atoms with van der Waals surface area (Å²) in [6.45, 7) is 0.685. The molecule has 2 rings (SSSR count). The molecule has 0 saturated heterocycles. The first-order valence-electron chi connectivity index (χ1n) is 5.15. The second kappa shape index (κ2) is 4.70. The van der Waals surface area contributed by atoms with Crippen molar-refractivity contribution in [3.8, 4) is 0 Å². The summed E-state index contributed by atoms with van der Waals surface area (Å²) in [6, 6.07) is 3.55. The zero-order valence-corrected chi connectivity index (χ0v) is 9.35. The second-order valence-corrected chi connectivity index (χ2v) is 4.31. The zero-order valence-electron chi connectivity index (χ0n) is 8.59. The number of benzene rings is 1. The Balaban J connectivity index is 1.89. The van der Waals surface area contributed by atoms with Crippen LogP contribution in [0.4, 0.5) is 14.9 Å². The average molecular weight is 243 g/mol. The molecule has 0 unspecified atom stereocenters. The van der Waals surface area contributed by atoms with E-state index in [-0.39, 0.29) is 11.1 Å². The molecule has 3 nitrogen and oxygen atoms in total. The largest absolute Gasteiger partial charge is 0.338 e. The lowest BCUT2D eigenvalue weighted by atomic mass is 10.3. The Morgan fingerprint density at radius 1 is 1.50 bits per heavy atom. The number of halogens is 2. The fraction of sp³-hybridized carbons (Fsp3) is 0.364. The maximum absolute atomic E-state index is 12.7. The lowest BCUT2D eigenvalue weighted by Gasteiger charge is -2.08. The van der Waals surface area contributed by atoms with Crippen LogP contribution in [0, 0.1) is 11.7 Å². The minimum absolute atomic E-state index is 0.196. The van der Waals surface area contributed by atoms with Gasteiger partial charge in [0.2, 0.25) is 0 Å². The van der Waals surface area contributed by atoms with Gasteiger partial charge in [0.25, 0.3) is 0 Å². The summed E-state index contributed by atoms with van der Waals surface area (Å²) in [5.74, 6) is 0.198. The van der Waals surface area contributed by atoms with Crippen molar-refractivity contribution in [2.24, 2.45) is 5.92 Å². The van der Waals surface area contributed by atoms with E-state index in [2.05, 4.69) is 10.6 Å². The number of rotatable bonds is 3. The third kappa shape index (κ3) is 3.10. The lowest BCUT2D eigenvalue weighted by Crippen LogP contribution is -2.30. The molecule has 1 aromatic carbocycles. The summed E-state index contributed by atoms with van der Waals surface area (Å²) in [5, 5.41) is 5.50. The van der Waals surface area contributed by atoms with Crippen LogP contribution in [0.3, 0.4) is 0 Å². The van der Waals surface area contributed by atoms with E-state index in [4.69, 9.17) is 11.6 Å². The van der Waals surface area contributed by atoms with Crippen LogP contribution in [0.2, 0.25) is 5.02 Å². The number of nitrogens with one attached hydrogen (secondary N) is 2.